The zero-order valence-electron chi connectivity index (χ0n) is 12.7. The van der Waals surface area contributed by atoms with Crippen LogP contribution in [0.4, 0.5) is 0 Å². The molecule has 2 N–H and O–H groups in total. The van der Waals surface area contributed by atoms with E-state index < -0.39 is 11.5 Å². The highest BCUT2D eigenvalue weighted by atomic mass is 16.4. The fourth-order valence-corrected chi connectivity index (χ4v) is 2.18. The van der Waals surface area contributed by atoms with Gasteiger partial charge in [-0.2, -0.15) is 0 Å². The predicted octanol–water partition coefficient (Wildman–Crippen LogP) is 1.87. The Labute approximate surface area is 116 Å². The lowest BCUT2D eigenvalue weighted by Gasteiger charge is -2.28. The molecule has 0 rings (SSSR count). The molecule has 0 unspecified atom stereocenters. The minimum Gasteiger partial charge on any atom is -0.480 e. The third-order valence-electron chi connectivity index (χ3n) is 3.76. The molecule has 0 atom stereocenters. The lowest BCUT2D eigenvalue weighted by atomic mass is 9.93. The van der Waals surface area contributed by atoms with Gasteiger partial charge in [0.2, 0.25) is 5.91 Å². The average molecular weight is 272 g/mol. The zero-order chi connectivity index (χ0) is 14.9. The van der Waals surface area contributed by atoms with Gasteiger partial charge in [-0.3, -0.25) is 9.59 Å². The Kier molecular flexibility index (Phi) is 8.39. The highest BCUT2D eigenvalue weighted by Crippen LogP contribution is 2.15. The molecule has 0 saturated carbocycles. The number of hydrogen-bond acceptors (Lipinski definition) is 3. The maximum absolute atomic E-state index is 11.8. The van der Waals surface area contributed by atoms with Gasteiger partial charge >= 0.3 is 5.97 Å². The van der Waals surface area contributed by atoms with Gasteiger partial charge in [0.1, 0.15) is 5.54 Å². The summed E-state index contributed by atoms with van der Waals surface area (Å²) in [5.74, 6) is -0.673. The third kappa shape index (κ3) is 5.19. The quantitative estimate of drug-likeness (QED) is 0.596. The van der Waals surface area contributed by atoms with E-state index in [1.807, 2.05) is 27.7 Å². The van der Waals surface area contributed by atoms with E-state index in [-0.39, 0.29) is 5.91 Å². The summed E-state index contributed by atoms with van der Waals surface area (Å²) < 4.78 is 0. The Morgan fingerprint density at radius 3 is 2.00 bits per heavy atom. The Hall–Kier alpha value is -1.10. The lowest BCUT2D eigenvalue weighted by Crippen LogP contribution is -2.51. The summed E-state index contributed by atoms with van der Waals surface area (Å²) in [6, 6.07) is 0. The van der Waals surface area contributed by atoms with Gasteiger partial charge in [-0.1, -0.05) is 13.8 Å². The van der Waals surface area contributed by atoms with Crippen LogP contribution in [0.5, 0.6) is 0 Å². The molecular weight excluding hydrogens is 244 g/mol. The van der Waals surface area contributed by atoms with Crippen molar-refractivity contribution in [1.29, 1.82) is 0 Å². The first-order valence-corrected chi connectivity index (χ1v) is 7.23. The molecule has 5 heteroatoms. The molecule has 112 valence electrons. The van der Waals surface area contributed by atoms with Crippen LogP contribution in [0.25, 0.3) is 0 Å². The van der Waals surface area contributed by atoms with E-state index in [1.165, 1.54) is 0 Å². The smallest absolute Gasteiger partial charge is 0.323 e. The molecule has 0 heterocycles. The van der Waals surface area contributed by atoms with Gasteiger partial charge in [0, 0.05) is 19.5 Å². The van der Waals surface area contributed by atoms with Crippen LogP contribution >= 0.6 is 0 Å². The highest BCUT2D eigenvalue weighted by Gasteiger charge is 2.33. The van der Waals surface area contributed by atoms with Crippen LogP contribution in [0.15, 0.2) is 0 Å². The Morgan fingerprint density at radius 2 is 1.63 bits per heavy atom. The number of rotatable bonds is 10. The van der Waals surface area contributed by atoms with Crippen LogP contribution in [-0.2, 0) is 9.59 Å². The van der Waals surface area contributed by atoms with Gasteiger partial charge in [-0.05, 0) is 39.7 Å². The van der Waals surface area contributed by atoms with E-state index in [0.717, 1.165) is 13.1 Å². The van der Waals surface area contributed by atoms with Crippen molar-refractivity contribution in [3.63, 3.8) is 0 Å². The SMILES string of the molecule is CCN(CC)C(=O)CCCNC(CC)(CC)C(=O)O. The standard InChI is InChI=1S/C14H28N2O3/c1-5-14(6-2,13(18)19)15-11-9-10-12(17)16(7-3)8-4/h15H,5-11H2,1-4H3,(H,18,19). The Balaban J connectivity index is 4.15. The molecule has 0 saturated heterocycles. The first-order chi connectivity index (χ1) is 8.97. The second-order valence-corrected chi connectivity index (χ2v) is 4.69. The van der Waals surface area contributed by atoms with Crippen LogP contribution in [0.1, 0.15) is 53.4 Å². The number of hydrogen-bond donors (Lipinski definition) is 2. The van der Waals surface area contributed by atoms with Gasteiger partial charge in [-0.15, -0.1) is 0 Å². The van der Waals surface area contributed by atoms with Crippen molar-refractivity contribution in [1.82, 2.24) is 10.2 Å². The van der Waals surface area contributed by atoms with Gasteiger partial charge in [-0.25, -0.2) is 0 Å². The number of nitrogens with zero attached hydrogens (tertiary/aromatic N) is 1. The lowest BCUT2D eigenvalue weighted by molar-refractivity contribution is -0.145. The minimum atomic E-state index is -0.849. The van der Waals surface area contributed by atoms with E-state index in [2.05, 4.69) is 5.32 Å². The largest absolute Gasteiger partial charge is 0.480 e. The van der Waals surface area contributed by atoms with Crippen molar-refractivity contribution in [3.05, 3.63) is 0 Å². The zero-order valence-corrected chi connectivity index (χ0v) is 12.7. The van der Waals surface area contributed by atoms with Crippen LogP contribution in [-0.4, -0.2) is 47.1 Å². The molecule has 19 heavy (non-hydrogen) atoms. The molecule has 0 spiro atoms. The summed E-state index contributed by atoms with van der Waals surface area (Å²) in [5, 5.41) is 12.4. The summed E-state index contributed by atoms with van der Waals surface area (Å²) in [7, 11) is 0. The molecule has 5 nitrogen and oxygen atoms in total. The number of amides is 1. The van der Waals surface area contributed by atoms with E-state index >= 15 is 0 Å². The molecule has 0 bridgehead atoms. The molecule has 0 fully saturated rings. The number of carbonyl (C=O) groups excluding carboxylic acids is 1. The van der Waals surface area contributed by atoms with E-state index in [0.29, 0.717) is 32.2 Å². The van der Waals surface area contributed by atoms with Crippen molar-refractivity contribution in [3.8, 4) is 0 Å². The van der Waals surface area contributed by atoms with Crippen molar-refractivity contribution in [2.45, 2.75) is 58.9 Å². The summed E-state index contributed by atoms with van der Waals surface area (Å²) in [6.45, 7) is 9.67. The number of nitrogens with one attached hydrogen (secondary N) is 1. The molecule has 0 aromatic heterocycles. The second kappa shape index (κ2) is 8.91. The van der Waals surface area contributed by atoms with Crippen LogP contribution in [0.2, 0.25) is 0 Å². The van der Waals surface area contributed by atoms with Gasteiger partial charge in [0.25, 0.3) is 0 Å². The van der Waals surface area contributed by atoms with Crippen LogP contribution < -0.4 is 5.32 Å². The number of carboxylic acids is 1. The van der Waals surface area contributed by atoms with Crippen molar-refractivity contribution < 1.29 is 14.7 Å². The summed E-state index contributed by atoms with van der Waals surface area (Å²) in [6.07, 6.45) is 2.23. The highest BCUT2D eigenvalue weighted by molar-refractivity contribution is 5.78. The number of carboxylic acid groups (broad SMARTS) is 1. The fraction of sp³-hybridized carbons (Fsp3) is 0.857. The molecule has 0 aromatic carbocycles. The topological polar surface area (TPSA) is 69.6 Å². The minimum absolute atomic E-state index is 0.140. The maximum atomic E-state index is 11.8. The molecule has 0 aliphatic carbocycles. The van der Waals surface area contributed by atoms with Gasteiger partial charge < -0.3 is 15.3 Å². The number of aliphatic carboxylic acids is 1. The summed E-state index contributed by atoms with van der Waals surface area (Å²) in [4.78, 5) is 24.9. The Morgan fingerprint density at radius 1 is 1.11 bits per heavy atom. The fourth-order valence-electron chi connectivity index (χ4n) is 2.18. The van der Waals surface area contributed by atoms with E-state index in [4.69, 9.17) is 0 Å². The molecule has 0 aromatic rings. The van der Waals surface area contributed by atoms with Crippen molar-refractivity contribution in [2.75, 3.05) is 19.6 Å². The second-order valence-electron chi connectivity index (χ2n) is 4.69. The Bertz CT molecular complexity index is 284. The predicted molar refractivity (Wildman–Crippen MR) is 76.1 cm³/mol. The first-order valence-electron chi connectivity index (χ1n) is 7.23. The average Bonchev–Trinajstić information content (AvgIpc) is 2.40. The third-order valence-corrected chi connectivity index (χ3v) is 3.76. The van der Waals surface area contributed by atoms with Crippen LogP contribution in [0, 0.1) is 0 Å². The maximum Gasteiger partial charge on any atom is 0.323 e. The molecule has 0 aliphatic rings. The number of carbonyl (C=O) groups is 2. The van der Waals surface area contributed by atoms with E-state index in [9.17, 15) is 14.7 Å². The van der Waals surface area contributed by atoms with Crippen molar-refractivity contribution >= 4 is 11.9 Å². The normalized spacial score (nSPS) is 11.4. The van der Waals surface area contributed by atoms with E-state index in [1.54, 1.807) is 4.90 Å². The summed E-state index contributed by atoms with van der Waals surface area (Å²) >= 11 is 0. The molecule has 0 aliphatic heterocycles. The van der Waals surface area contributed by atoms with Gasteiger partial charge in [0.15, 0.2) is 0 Å². The monoisotopic (exact) mass is 272 g/mol. The molecule has 0 radical (unpaired) electrons. The first kappa shape index (κ1) is 17.9. The molecular formula is C14H28N2O3. The van der Waals surface area contributed by atoms with Gasteiger partial charge in [0.05, 0.1) is 0 Å². The molecule has 1 amide bonds. The summed E-state index contributed by atoms with van der Waals surface area (Å²) in [5.41, 5.74) is -0.849. The van der Waals surface area contributed by atoms with Crippen LogP contribution in [0.3, 0.4) is 0 Å². The van der Waals surface area contributed by atoms with Crippen molar-refractivity contribution in [2.24, 2.45) is 0 Å².